The maximum absolute atomic E-state index is 12.9. The van der Waals surface area contributed by atoms with Crippen molar-refractivity contribution in [2.45, 2.75) is 58.4 Å². The molecule has 0 aliphatic heterocycles. The van der Waals surface area contributed by atoms with Gasteiger partial charge in [0.05, 0.1) is 6.20 Å². The molecule has 1 atom stereocenters. The van der Waals surface area contributed by atoms with Crippen LogP contribution in [0, 0.1) is 5.82 Å². The number of carbonyl (C=O) groups excluding carboxylic acids is 1. The van der Waals surface area contributed by atoms with E-state index in [0.717, 1.165) is 18.4 Å². The molecule has 0 radical (unpaired) electrons. The number of aryl methyl sites for hydroxylation is 1. The fraction of sp³-hybridized carbons (Fsp3) is 0.474. The molecule has 1 aromatic carbocycles. The van der Waals surface area contributed by atoms with Gasteiger partial charge in [-0.2, -0.15) is 0 Å². The quantitative estimate of drug-likeness (QED) is 0.688. The summed E-state index contributed by atoms with van der Waals surface area (Å²) >= 11 is 0. The van der Waals surface area contributed by atoms with Gasteiger partial charge in [-0.3, -0.25) is 4.79 Å². The number of halogens is 1. The molecular formula is C19H25FN2O2. The fourth-order valence-corrected chi connectivity index (χ4v) is 2.51. The smallest absolute Gasteiger partial charge is 0.220 e. The topological polar surface area (TPSA) is 55.1 Å². The van der Waals surface area contributed by atoms with Crippen molar-refractivity contribution in [3.63, 3.8) is 0 Å². The van der Waals surface area contributed by atoms with Crippen LogP contribution in [0.4, 0.5) is 4.39 Å². The van der Waals surface area contributed by atoms with Gasteiger partial charge in [-0.15, -0.1) is 0 Å². The molecule has 4 nitrogen and oxygen atoms in total. The summed E-state index contributed by atoms with van der Waals surface area (Å²) < 4.78 is 18.6. The van der Waals surface area contributed by atoms with Gasteiger partial charge in [-0.1, -0.05) is 26.2 Å². The third-order valence-corrected chi connectivity index (χ3v) is 3.90. The summed E-state index contributed by atoms with van der Waals surface area (Å²) in [5, 5.41) is 3.00. The van der Waals surface area contributed by atoms with Gasteiger partial charge in [0.1, 0.15) is 5.82 Å². The summed E-state index contributed by atoms with van der Waals surface area (Å²) in [5.74, 6) is 0.824. The number of nitrogens with one attached hydrogen (secondary N) is 1. The van der Waals surface area contributed by atoms with E-state index in [4.69, 9.17) is 4.42 Å². The predicted octanol–water partition coefficient (Wildman–Crippen LogP) is 4.50. The van der Waals surface area contributed by atoms with Crippen LogP contribution in [0.25, 0.3) is 11.3 Å². The molecule has 1 unspecified atom stereocenters. The molecule has 1 N–H and O–H groups in total. The van der Waals surface area contributed by atoms with Crippen LogP contribution >= 0.6 is 0 Å². The maximum atomic E-state index is 12.9. The molecule has 0 bridgehead atoms. The predicted molar refractivity (Wildman–Crippen MR) is 92.0 cm³/mol. The van der Waals surface area contributed by atoms with Gasteiger partial charge in [0, 0.05) is 24.4 Å². The molecule has 0 saturated carbocycles. The highest BCUT2D eigenvalue weighted by Gasteiger charge is 2.11. The lowest BCUT2D eigenvalue weighted by Gasteiger charge is -2.13. The normalized spacial score (nSPS) is 12.1. The molecule has 0 aliphatic carbocycles. The average molecular weight is 332 g/mol. The van der Waals surface area contributed by atoms with Crippen molar-refractivity contribution in [3.05, 3.63) is 42.2 Å². The summed E-state index contributed by atoms with van der Waals surface area (Å²) in [4.78, 5) is 16.1. The first-order valence-electron chi connectivity index (χ1n) is 8.58. The molecule has 0 spiro atoms. The van der Waals surface area contributed by atoms with E-state index >= 15 is 0 Å². The molecule has 0 fully saturated rings. The Morgan fingerprint density at radius 2 is 2.04 bits per heavy atom. The first-order chi connectivity index (χ1) is 11.6. The van der Waals surface area contributed by atoms with Gasteiger partial charge in [-0.25, -0.2) is 9.37 Å². The Kier molecular flexibility index (Phi) is 6.97. The van der Waals surface area contributed by atoms with E-state index in [2.05, 4.69) is 17.2 Å². The number of oxazole rings is 1. The minimum absolute atomic E-state index is 0.0144. The molecule has 2 aromatic rings. The van der Waals surface area contributed by atoms with Crippen LogP contribution in [0.15, 0.2) is 34.9 Å². The Hall–Kier alpha value is -2.17. The lowest BCUT2D eigenvalue weighted by molar-refractivity contribution is -0.121. The minimum Gasteiger partial charge on any atom is -0.441 e. The Bertz CT molecular complexity index is 637. The second-order valence-electron chi connectivity index (χ2n) is 6.09. The van der Waals surface area contributed by atoms with Crippen LogP contribution in [0.5, 0.6) is 0 Å². The van der Waals surface area contributed by atoms with Gasteiger partial charge in [0.15, 0.2) is 11.7 Å². The summed E-state index contributed by atoms with van der Waals surface area (Å²) in [5.41, 5.74) is 0.768. The molecular weight excluding hydrogens is 307 g/mol. The van der Waals surface area contributed by atoms with E-state index in [-0.39, 0.29) is 17.8 Å². The first kappa shape index (κ1) is 18.2. The SMILES string of the molecule is CCCCCC(C)NC(=O)CCc1ncc(-c2ccc(F)cc2)o1. The molecule has 24 heavy (non-hydrogen) atoms. The second-order valence-corrected chi connectivity index (χ2v) is 6.09. The summed E-state index contributed by atoms with van der Waals surface area (Å²) in [6, 6.07) is 6.24. The highest BCUT2D eigenvalue weighted by atomic mass is 19.1. The summed E-state index contributed by atoms with van der Waals surface area (Å²) in [7, 11) is 0. The van der Waals surface area contributed by atoms with Crippen LogP contribution in [-0.2, 0) is 11.2 Å². The zero-order valence-electron chi connectivity index (χ0n) is 14.3. The second kappa shape index (κ2) is 9.21. The number of unbranched alkanes of at least 4 members (excludes halogenated alkanes) is 2. The van der Waals surface area contributed by atoms with Crippen molar-refractivity contribution in [3.8, 4) is 11.3 Å². The van der Waals surface area contributed by atoms with Gasteiger partial charge < -0.3 is 9.73 Å². The van der Waals surface area contributed by atoms with E-state index in [0.29, 0.717) is 24.5 Å². The van der Waals surface area contributed by atoms with E-state index in [1.165, 1.54) is 25.0 Å². The van der Waals surface area contributed by atoms with E-state index in [9.17, 15) is 9.18 Å². The lowest BCUT2D eigenvalue weighted by Crippen LogP contribution is -2.32. The maximum Gasteiger partial charge on any atom is 0.220 e. The van der Waals surface area contributed by atoms with Gasteiger partial charge in [-0.05, 0) is 37.6 Å². The van der Waals surface area contributed by atoms with Crippen LogP contribution in [0.2, 0.25) is 0 Å². The highest BCUT2D eigenvalue weighted by molar-refractivity contribution is 5.76. The van der Waals surface area contributed by atoms with E-state index < -0.39 is 0 Å². The van der Waals surface area contributed by atoms with Crippen LogP contribution in [0.3, 0.4) is 0 Å². The molecule has 0 aliphatic rings. The molecule has 1 aromatic heterocycles. The minimum atomic E-state index is -0.289. The number of amides is 1. The zero-order chi connectivity index (χ0) is 17.4. The summed E-state index contributed by atoms with van der Waals surface area (Å²) in [6.07, 6.45) is 6.93. The van der Waals surface area contributed by atoms with Gasteiger partial charge >= 0.3 is 0 Å². The van der Waals surface area contributed by atoms with Crippen molar-refractivity contribution < 1.29 is 13.6 Å². The number of benzene rings is 1. The third kappa shape index (κ3) is 5.80. The van der Waals surface area contributed by atoms with Crippen molar-refractivity contribution >= 4 is 5.91 Å². The van der Waals surface area contributed by atoms with Crippen LogP contribution < -0.4 is 5.32 Å². The number of hydrogen-bond acceptors (Lipinski definition) is 3. The summed E-state index contributed by atoms with van der Waals surface area (Å²) in [6.45, 7) is 4.20. The van der Waals surface area contributed by atoms with Crippen LogP contribution in [-0.4, -0.2) is 16.9 Å². The molecule has 130 valence electrons. The van der Waals surface area contributed by atoms with Gasteiger partial charge in [0.2, 0.25) is 5.91 Å². The average Bonchev–Trinajstić information content (AvgIpc) is 3.03. The Morgan fingerprint density at radius 1 is 1.29 bits per heavy atom. The number of rotatable bonds is 9. The third-order valence-electron chi connectivity index (χ3n) is 3.90. The Labute approximate surface area is 142 Å². The van der Waals surface area contributed by atoms with Crippen molar-refractivity contribution in [1.29, 1.82) is 0 Å². The fourth-order valence-electron chi connectivity index (χ4n) is 2.51. The van der Waals surface area contributed by atoms with Gasteiger partial charge in [0.25, 0.3) is 0 Å². The Balaban J connectivity index is 1.78. The number of nitrogens with zero attached hydrogens (tertiary/aromatic N) is 1. The Morgan fingerprint density at radius 3 is 2.75 bits per heavy atom. The monoisotopic (exact) mass is 332 g/mol. The number of hydrogen-bond donors (Lipinski definition) is 1. The molecule has 1 heterocycles. The zero-order valence-corrected chi connectivity index (χ0v) is 14.3. The highest BCUT2D eigenvalue weighted by Crippen LogP contribution is 2.21. The van der Waals surface area contributed by atoms with Crippen LogP contribution in [0.1, 0.15) is 51.8 Å². The molecule has 2 rings (SSSR count). The number of aromatic nitrogens is 1. The van der Waals surface area contributed by atoms with E-state index in [1.54, 1.807) is 18.3 Å². The van der Waals surface area contributed by atoms with Crippen molar-refractivity contribution in [1.82, 2.24) is 10.3 Å². The molecule has 1 amide bonds. The molecule has 5 heteroatoms. The number of carbonyl (C=O) groups is 1. The lowest BCUT2D eigenvalue weighted by atomic mass is 10.1. The standard InChI is InChI=1S/C19H25FN2O2/c1-3-4-5-6-14(2)22-18(23)11-12-19-21-13-17(24-19)15-7-9-16(20)10-8-15/h7-10,13-14H,3-6,11-12H2,1-2H3,(H,22,23). The van der Waals surface area contributed by atoms with E-state index in [1.807, 2.05) is 6.92 Å². The van der Waals surface area contributed by atoms with Crippen molar-refractivity contribution in [2.24, 2.45) is 0 Å². The first-order valence-corrected chi connectivity index (χ1v) is 8.58. The molecule has 0 saturated heterocycles. The largest absolute Gasteiger partial charge is 0.441 e. The van der Waals surface area contributed by atoms with Crippen molar-refractivity contribution in [2.75, 3.05) is 0 Å².